The first-order chi connectivity index (χ1) is 14.0. The van der Waals surface area contributed by atoms with E-state index in [1.807, 2.05) is 61.5 Å². The van der Waals surface area contributed by atoms with Crippen molar-refractivity contribution in [2.24, 2.45) is 0 Å². The Bertz CT molecular complexity index is 1110. The van der Waals surface area contributed by atoms with Gasteiger partial charge in [0.2, 0.25) is 0 Å². The average molecular weight is 421 g/mol. The van der Waals surface area contributed by atoms with Gasteiger partial charge in [-0.25, -0.2) is 0 Å². The van der Waals surface area contributed by atoms with Crippen LogP contribution in [-0.2, 0) is 11.2 Å². The molecule has 0 aromatic heterocycles. The number of nitriles is 1. The molecule has 3 aromatic carbocycles. The van der Waals surface area contributed by atoms with E-state index in [-0.39, 0.29) is 5.57 Å². The number of benzene rings is 3. The van der Waals surface area contributed by atoms with Gasteiger partial charge >= 0.3 is 0 Å². The van der Waals surface area contributed by atoms with Crippen LogP contribution in [0.15, 0.2) is 72.3 Å². The molecule has 0 saturated carbocycles. The number of nitrogens with one attached hydrogen (secondary N) is 1. The Balaban J connectivity index is 1.75. The van der Waals surface area contributed by atoms with Gasteiger partial charge in [0.1, 0.15) is 11.6 Å². The van der Waals surface area contributed by atoms with Gasteiger partial charge in [-0.1, -0.05) is 71.7 Å². The second-order valence-electron chi connectivity index (χ2n) is 6.55. The van der Waals surface area contributed by atoms with Crippen molar-refractivity contribution < 1.29 is 4.79 Å². The van der Waals surface area contributed by atoms with Crippen LogP contribution in [0.2, 0.25) is 10.0 Å². The third kappa shape index (κ3) is 5.26. The Morgan fingerprint density at radius 3 is 2.38 bits per heavy atom. The molecule has 0 atom stereocenters. The quantitative estimate of drug-likeness (QED) is 0.381. The summed E-state index contributed by atoms with van der Waals surface area (Å²) in [7, 11) is 0. The number of carbonyl (C=O) groups excluding carboxylic acids is 1. The number of rotatable bonds is 5. The monoisotopic (exact) mass is 420 g/mol. The van der Waals surface area contributed by atoms with Crippen molar-refractivity contribution in [3.63, 3.8) is 0 Å². The first-order valence-electron chi connectivity index (χ1n) is 8.98. The van der Waals surface area contributed by atoms with E-state index in [0.717, 1.165) is 27.3 Å². The highest BCUT2D eigenvalue weighted by molar-refractivity contribution is 6.32. The smallest absolute Gasteiger partial charge is 0.266 e. The second kappa shape index (κ2) is 9.43. The topological polar surface area (TPSA) is 52.9 Å². The molecular formula is C24H18Cl2N2O. The zero-order valence-electron chi connectivity index (χ0n) is 15.7. The van der Waals surface area contributed by atoms with Crippen molar-refractivity contribution >= 4 is 40.9 Å². The number of amides is 1. The Morgan fingerprint density at radius 1 is 1.00 bits per heavy atom. The van der Waals surface area contributed by atoms with E-state index in [4.69, 9.17) is 23.2 Å². The number of nitrogens with zero attached hydrogens (tertiary/aromatic N) is 1. The average Bonchev–Trinajstić information content (AvgIpc) is 2.72. The summed E-state index contributed by atoms with van der Waals surface area (Å²) in [6.45, 7) is 1.81. The van der Waals surface area contributed by atoms with Crippen LogP contribution < -0.4 is 5.32 Å². The Labute approximate surface area is 180 Å². The molecule has 0 spiro atoms. The highest BCUT2D eigenvalue weighted by atomic mass is 35.5. The van der Waals surface area contributed by atoms with Gasteiger partial charge in [-0.05, 0) is 59.9 Å². The van der Waals surface area contributed by atoms with Crippen LogP contribution in [0, 0.1) is 18.3 Å². The zero-order chi connectivity index (χ0) is 20.8. The van der Waals surface area contributed by atoms with Crippen LogP contribution >= 0.6 is 23.2 Å². The van der Waals surface area contributed by atoms with Crippen LogP contribution in [0.25, 0.3) is 6.08 Å². The maximum atomic E-state index is 12.5. The largest absolute Gasteiger partial charge is 0.321 e. The molecule has 29 heavy (non-hydrogen) atoms. The van der Waals surface area contributed by atoms with Crippen molar-refractivity contribution in [2.75, 3.05) is 5.32 Å². The number of hydrogen-bond donors (Lipinski definition) is 1. The van der Waals surface area contributed by atoms with Gasteiger partial charge in [-0.3, -0.25) is 4.79 Å². The highest BCUT2D eigenvalue weighted by Gasteiger charge is 2.12. The van der Waals surface area contributed by atoms with E-state index in [0.29, 0.717) is 17.1 Å². The number of carbonyl (C=O) groups is 1. The van der Waals surface area contributed by atoms with Crippen LogP contribution in [-0.4, -0.2) is 5.91 Å². The fourth-order valence-corrected chi connectivity index (χ4v) is 3.22. The molecule has 3 aromatic rings. The molecule has 0 saturated heterocycles. The molecule has 0 unspecified atom stereocenters. The van der Waals surface area contributed by atoms with Crippen LogP contribution in [0.4, 0.5) is 5.69 Å². The molecule has 0 aliphatic heterocycles. The van der Waals surface area contributed by atoms with Crippen molar-refractivity contribution in [1.82, 2.24) is 0 Å². The normalized spacial score (nSPS) is 11.0. The van der Waals surface area contributed by atoms with Crippen molar-refractivity contribution in [3.8, 4) is 6.07 Å². The van der Waals surface area contributed by atoms with Crippen LogP contribution in [0.5, 0.6) is 0 Å². The lowest BCUT2D eigenvalue weighted by Crippen LogP contribution is -2.14. The van der Waals surface area contributed by atoms with Gasteiger partial charge < -0.3 is 5.32 Å². The molecular weight excluding hydrogens is 403 g/mol. The zero-order valence-corrected chi connectivity index (χ0v) is 17.3. The summed E-state index contributed by atoms with van der Waals surface area (Å²) in [6, 6.07) is 22.6. The van der Waals surface area contributed by atoms with Crippen LogP contribution in [0.1, 0.15) is 22.3 Å². The SMILES string of the molecule is Cc1c(Cl)cccc1NC(=O)/C(C#N)=C/c1ccc(Cc2ccccc2Cl)cc1. The molecule has 1 N–H and O–H groups in total. The predicted octanol–water partition coefficient (Wildman–Crippen LogP) is 6.44. The minimum Gasteiger partial charge on any atom is -0.321 e. The highest BCUT2D eigenvalue weighted by Crippen LogP contribution is 2.24. The molecule has 5 heteroatoms. The van der Waals surface area contributed by atoms with E-state index in [9.17, 15) is 10.1 Å². The summed E-state index contributed by atoms with van der Waals surface area (Å²) < 4.78 is 0. The summed E-state index contributed by atoms with van der Waals surface area (Å²) in [5, 5.41) is 13.5. The molecule has 1 amide bonds. The second-order valence-corrected chi connectivity index (χ2v) is 7.36. The molecule has 3 rings (SSSR count). The van der Waals surface area contributed by atoms with Crippen molar-refractivity contribution in [1.29, 1.82) is 5.26 Å². The number of hydrogen-bond acceptors (Lipinski definition) is 2. The Morgan fingerprint density at radius 2 is 1.69 bits per heavy atom. The molecule has 0 bridgehead atoms. The number of halogens is 2. The van der Waals surface area contributed by atoms with Crippen molar-refractivity contribution in [2.45, 2.75) is 13.3 Å². The lowest BCUT2D eigenvalue weighted by atomic mass is 10.0. The van der Waals surface area contributed by atoms with Gasteiger partial charge in [-0.15, -0.1) is 0 Å². The maximum absolute atomic E-state index is 12.5. The summed E-state index contributed by atoms with van der Waals surface area (Å²) in [4.78, 5) is 12.5. The third-order valence-corrected chi connectivity index (χ3v) is 5.30. The molecule has 0 radical (unpaired) electrons. The minimum atomic E-state index is -0.474. The standard InChI is InChI=1S/C24H18Cl2N2O/c1-16-21(25)7-4-8-23(16)28-24(29)20(15-27)14-18-11-9-17(10-12-18)13-19-5-2-3-6-22(19)26/h2-12,14H,13H2,1H3,(H,28,29)/b20-14+. The lowest BCUT2D eigenvalue weighted by molar-refractivity contribution is -0.112. The van der Waals surface area contributed by atoms with E-state index in [2.05, 4.69) is 5.32 Å². The lowest BCUT2D eigenvalue weighted by Gasteiger charge is -2.09. The molecule has 0 aliphatic carbocycles. The fraction of sp³-hybridized carbons (Fsp3) is 0.0833. The third-order valence-electron chi connectivity index (χ3n) is 4.52. The van der Waals surface area contributed by atoms with E-state index >= 15 is 0 Å². The fourth-order valence-electron chi connectivity index (χ4n) is 2.84. The van der Waals surface area contributed by atoms with Crippen LogP contribution in [0.3, 0.4) is 0 Å². The molecule has 3 nitrogen and oxygen atoms in total. The first-order valence-corrected chi connectivity index (χ1v) is 9.74. The number of anilines is 1. The first kappa shape index (κ1) is 20.7. The minimum absolute atomic E-state index is 0.0169. The van der Waals surface area contributed by atoms with Gasteiger partial charge in [0.05, 0.1) is 0 Å². The van der Waals surface area contributed by atoms with Gasteiger partial charge in [-0.2, -0.15) is 5.26 Å². The molecule has 0 fully saturated rings. The summed E-state index contributed by atoms with van der Waals surface area (Å²) in [5.74, 6) is -0.474. The summed E-state index contributed by atoms with van der Waals surface area (Å²) in [6.07, 6.45) is 2.28. The van der Waals surface area contributed by atoms with Gasteiger partial charge in [0.25, 0.3) is 5.91 Å². The molecule has 0 heterocycles. The maximum Gasteiger partial charge on any atom is 0.266 e. The summed E-state index contributed by atoms with van der Waals surface area (Å²) >= 11 is 12.3. The van der Waals surface area contributed by atoms with E-state index < -0.39 is 5.91 Å². The molecule has 144 valence electrons. The Hall–Kier alpha value is -3.06. The van der Waals surface area contributed by atoms with E-state index in [1.54, 1.807) is 24.3 Å². The van der Waals surface area contributed by atoms with Gasteiger partial charge in [0.15, 0.2) is 0 Å². The predicted molar refractivity (Wildman–Crippen MR) is 119 cm³/mol. The molecule has 0 aliphatic rings. The van der Waals surface area contributed by atoms with E-state index in [1.165, 1.54) is 0 Å². The van der Waals surface area contributed by atoms with Gasteiger partial charge in [0, 0.05) is 15.7 Å². The van der Waals surface area contributed by atoms with Crippen molar-refractivity contribution in [3.05, 3.63) is 105 Å². The summed E-state index contributed by atoms with van der Waals surface area (Å²) in [5.41, 5.74) is 4.26. The Kier molecular flexibility index (Phi) is 6.72.